The number of anilines is 1. The third-order valence-electron chi connectivity index (χ3n) is 3.56. The van der Waals surface area contributed by atoms with E-state index in [1.807, 2.05) is 49.4 Å². The zero-order valence-electron chi connectivity index (χ0n) is 12.1. The summed E-state index contributed by atoms with van der Waals surface area (Å²) in [6, 6.07) is 16.2. The number of imidazole rings is 1. The lowest BCUT2D eigenvalue weighted by Crippen LogP contribution is -2.06. The molecule has 1 heterocycles. The Morgan fingerprint density at radius 1 is 1.10 bits per heavy atom. The third-order valence-corrected chi connectivity index (χ3v) is 3.56. The molecule has 0 saturated heterocycles. The van der Waals surface area contributed by atoms with E-state index in [9.17, 15) is 0 Å². The summed E-state index contributed by atoms with van der Waals surface area (Å²) in [5.41, 5.74) is 9.24. The van der Waals surface area contributed by atoms with E-state index >= 15 is 0 Å². The Hall–Kier alpha value is -2.49. The molecule has 2 aromatic carbocycles. The highest BCUT2D eigenvalue weighted by molar-refractivity contribution is 5.78. The number of ether oxygens (including phenoxy) is 1. The third kappa shape index (κ3) is 2.70. The van der Waals surface area contributed by atoms with Crippen LogP contribution < -0.4 is 10.5 Å². The molecule has 0 atom stereocenters. The van der Waals surface area contributed by atoms with E-state index in [2.05, 4.69) is 15.6 Å². The molecule has 0 aliphatic heterocycles. The predicted octanol–water partition coefficient (Wildman–Crippen LogP) is 3.26. The summed E-state index contributed by atoms with van der Waals surface area (Å²) in [7, 11) is 0. The van der Waals surface area contributed by atoms with Gasteiger partial charge in [-0.15, -0.1) is 0 Å². The average Bonchev–Trinajstić information content (AvgIpc) is 2.82. The fraction of sp³-hybridized carbons (Fsp3) is 0.235. The normalized spacial score (nSPS) is 10.9. The minimum atomic E-state index is 0.560. The van der Waals surface area contributed by atoms with Crippen LogP contribution in [0.4, 0.5) is 5.95 Å². The van der Waals surface area contributed by atoms with Crippen molar-refractivity contribution in [2.75, 3.05) is 12.3 Å². The van der Waals surface area contributed by atoms with Crippen molar-refractivity contribution in [3.8, 4) is 5.75 Å². The molecule has 108 valence electrons. The lowest BCUT2D eigenvalue weighted by atomic mass is 10.1. The van der Waals surface area contributed by atoms with Gasteiger partial charge in [0.2, 0.25) is 5.95 Å². The molecular weight excluding hydrogens is 262 g/mol. The van der Waals surface area contributed by atoms with Gasteiger partial charge >= 0.3 is 0 Å². The molecule has 0 bridgehead atoms. The van der Waals surface area contributed by atoms with Gasteiger partial charge in [0.25, 0.3) is 0 Å². The maximum Gasteiger partial charge on any atom is 0.201 e. The number of nitrogen functional groups attached to an aromatic ring is 1. The van der Waals surface area contributed by atoms with E-state index in [1.54, 1.807) is 0 Å². The second kappa shape index (κ2) is 5.87. The van der Waals surface area contributed by atoms with Crippen LogP contribution in [-0.2, 0) is 13.0 Å². The topological polar surface area (TPSA) is 53.1 Å². The molecule has 0 radical (unpaired) electrons. The van der Waals surface area contributed by atoms with Gasteiger partial charge in [-0.1, -0.05) is 30.3 Å². The van der Waals surface area contributed by atoms with Crippen LogP contribution in [0.2, 0.25) is 0 Å². The first-order valence-electron chi connectivity index (χ1n) is 7.21. The maximum absolute atomic E-state index is 6.03. The van der Waals surface area contributed by atoms with E-state index in [0.717, 1.165) is 29.7 Å². The van der Waals surface area contributed by atoms with Crippen molar-refractivity contribution in [2.24, 2.45) is 0 Å². The molecule has 0 fully saturated rings. The molecule has 3 aromatic rings. The van der Waals surface area contributed by atoms with Crippen LogP contribution in [0, 0.1) is 0 Å². The smallest absolute Gasteiger partial charge is 0.201 e. The summed E-state index contributed by atoms with van der Waals surface area (Å²) in [4.78, 5) is 4.39. The van der Waals surface area contributed by atoms with Gasteiger partial charge in [0, 0.05) is 6.54 Å². The quantitative estimate of drug-likeness (QED) is 0.781. The fourth-order valence-corrected chi connectivity index (χ4v) is 2.57. The molecule has 3 rings (SSSR count). The predicted molar refractivity (Wildman–Crippen MR) is 85.5 cm³/mol. The number of hydrogen-bond donors (Lipinski definition) is 1. The highest BCUT2D eigenvalue weighted by Crippen LogP contribution is 2.22. The van der Waals surface area contributed by atoms with Crippen molar-refractivity contribution in [1.82, 2.24) is 9.55 Å². The van der Waals surface area contributed by atoms with Crippen LogP contribution in [0.5, 0.6) is 5.75 Å². The molecule has 2 N–H and O–H groups in total. The first-order chi connectivity index (χ1) is 10.3. The van der Waals surface area contributed by atoms with Crippen LogP contribution in [0.15, 0.2) is 48.5 Å². The van der Waals surface area contributed by atoms with Gasteiger partial charge in [0.15, 0.2) is 0 Å². The minimum Gasteiger partial charge on any atom is -0.494 e. The van der Waals surface area contributed by atoms with Crippen LogP contribution >= 0.6 is 0 Å². The molecule has 0 saturated carbocycles. The number of para-hydroxylation sites is 3. The zero-order valence-corrected chi connectivity index (χ0v) is 12.1. The first kappa shape index (κ1) is 13.5. The Kier molecular flexibility index (Phi) is 3.77. The van der Waals surface area contributed by atoms with E-state index < -0.39 is 0 Å². The van der Waals surface area contributed by atoms with Crippen molar-refractivity contribution in [2.45, 2.75) is 19.9 Å². The summed E-state index contributed by atoms with van der Waals surface area (Å²) in [5.74, 6) is 1.51. The molecule has 21 heavy (non-hydrogen) atoms. The molecular formula is C17H19N3O. The molecule has 0 aliphatic carbocycles. The van der Waals surface area contributed by atoms with Gasteiger partial charge in [-0.05, 0) is 37.1 Å². The van der Waals surface area contributed by atoms with Gasteiger partial charge in [-0.3, -0.25) is 0 Å². The molecule has 0 amide bonds. The van der Waals surface area contributed by atoms with Crippen LogP contribution in [0.3, 0.4) is 0 Å². The molecule has 0 aliphatic rings. The Labute approximate surface area is 124 Å². The standard InChI is InChI=1S/C17H19N3O/c1-2-21-16-10-6-3-7-13(16)11-12-20-15-9-5-4-8-14(15)19-17(20)18/h3-10H,2,11-12H2,1H3,(H2,18,19). The Morgan fingerprint density at radius 3 is 2.71 bits per heavy atom. The average molecular weight is 281 g/mol. The van der Waals surface area contributed by atoms with Crippen molar-refractivity contribution in [1.29, 1.82) is 0 Å². The van der Waals surface area contributed by atoms with Crippen molar-refractivity contribution < 1.29 is 4.74 Å². The molecule has 0 spiro atoms. The number of rotatable bonds is 5. The van der Waals surface area contributed by atoms with E-state index in [-0.39, 0.29) is 0 Å². The lowest BCUT2D eigenvalue weighted by molar-refractivity contribution is 0.336. The lowest BCUT2D eigenvalue weighted by Gasteiger charge is -2.11. The van der Waals surface area contributed by atoms with Gasteiger partial charge in [0.05, 0.1) is 17.6 Å². The van der Waals surface area contributed by atoms with E-state index in [1.165, 1.54) is 5.56 Å². The first-order valence-corrected chi connectivity index (χ1v) is 7.21. The second-order valence-electron chi connectivity index (χ2n) is 4.90. The second-order valence-corrected chi connectivity index (χ2v) is 4.90. The SMILES string of the molecule is CCOc1ccccc1CCn1c(N)nc2ccccc21. The van der Waals surface area contributed by atoms with Crippen LogP contribution in [0.25, 0.3) is 11.0 Å². The molecule has 4 nitrogen and oxygen atoms in total. The largest absolute Gasteiger partial charge is 0.494 e. The number of aryl methyl sites for hydroxylation is 2. The zero-order chi connectivity index (χ0) is 14.7. The Bertz CT molecular complexity index is 749. The summed E-state index contributed by atoms with van der Waals surface area (Å²) >= 11 is 0. The van der Waals surface area contributed by atoms with Gasteiger partial charge < -0.3 is 15.0 Å². The summed E-state index contributed by atoms with van der Waals surface area (Å²) < 4.78 is 7.72. The van der Waals surface area contributed by atoms with Gasteiger partial charge in [0.1, 0.15) is 5.75 Å². The number of nitrogens with two attached hydrogens (primary N) is 1. The maximum atomic E-state index is 6.03. The number of hydrogen-bond acceptors (Lipinski definition) is 3. The van der Waals surface area contributed by atoms with Crippen molar-refractivity contribution in [3.63, 3.8) is 0 Å². The van der Waals surface area contributed by atoms with Crippen molar-refractivity contribution >= 4 is 17.0 Å². The summed E-state index contributed by atoms with van der Waals surface area (Å²) in [6.07, 6.45) is 0.862. The van der Waals surface area contributed by atoms with Crippen molar-refractivity contribution in [3.05, 3.63) is 54.1 Å². The summed E-state index contributed by atoms with van der Waals surface area (Å²) in [5, 5.41) is 0. The van der Waals surface area contributed by atoms with Crippen LogP contribution in [0.1, 0.15) is 12.5 Å². The number of benzene rings is 2. The highest BCUT2D eigenvalue weighted by atomic mass is 16.5. The highest BCUT2D eigenvalue weighted by Gasteiger charge is 2.09. The minimum absolute atomic E-state index is 0.560. The number of nitrogens with zero attached hydrogens (tertiary/aromatic N) is 2. The molecule has 0 unspecified atom stereocenters. The molecule has 1 aromatic heterocycles. The molecule has 4 heteroatoms. The number of aromatic nitrogens is 2. The Morgan fingerprint density at radius 2 is 1.86 bits per heavy atom. The van der Waals surface area contributed by atoms with E-state index in [4.69, 9.17) is 10.5 Å². The van der Waals surface area contributed by atoms with Crippen LogP contribution in [-0.4, -0.2) is 16.2 Å². The van der Waals surface area contributed by atoms with Gasteiger partial charge in [-0.25, -0.2) is 4.98 Å². The number of fused-ring (bicyclic) bond motifs is 1. The van der Waals surface area contributed by atoms with Gasteiger partial charge in [-0.2, -0.15) is 0 Å². The fourth-order valence-electron chi connectivity index (χ4n) is 2.57. The summed E-state index contributed by atoms with van der Waals surface area (Å²) in [6.45, 7) is 3.46. The Balaban J connectivity index is 1.85. The van der Waals surface area contributed by atoms with E-state index in [0.29, 0.717) is 12.6 Å². The monoisotopic (exact) mass is 281 g/mol.